The van der Waals surface area contributed by atoms with Gasteiger partial charge in [0.1, 0.15) is 0 Å². The molecular formula is C15H26N2. The van der Waals surface area contributed by atoms with E-state index >= 15 is 0 Å². The van der Waals surface area contributed by atoms with Gasteiger partial charge in [0.15, 0.2) is 0 Å². The molecule has 2 N–H and O–H groups in total. The Balaban J connectivity index is 1.52. The van der Waals surface area contributed by atoms with Gasteiger partial charge in [0.2, 0.25) is 0 Å². The zero-order chi connectivity index (χ0) is 11.7. The summed E-state index contributed by atoms with van der Waals surface area (Å²) in [5.74, 6) is 4.49. The van der Waals surface area contributed by atoms with E-state index in [0.29, 0.717) is 5.92 Å². The SMILES string of the molecule is NC(=NCC(C1CC1)C1CC1)C1CCCCC1. The highest BCUT2D eigenvalue weighted by molar-refractivity contribution is 5.82. The van der Waals surface area contributed by atoms with Crippen LogP contribution >= 0.6 is 0 Å². The Labute approximate surface area is 105 Å². The average Bonchev–Trinajstić information content (AvgIpc) is 3.24. The van der Waals surface area contributed by atoms with Crippen LogP contribution in [0, 0.1) is 23.7 Å². The van der Waals surface area contributed by atoms with E-state index < -0.39 is 0 Å². The van der Waals surface area contributed by atoms with Crippen molar-refractivity contribution >= 4 is 5.84 Å². The highest BCUT2D eigenvalue weighted by Gasteiger charge is 2.41. The summed E-state index contributed by atoms with van der Waals surface area (Å²) >= 11 is 0. The van der Waals surface area contributed by atoms with Gasteiger partial charge in [0.25, 0.3) is 0 Å². The number of hydrogen-bond acceptors (Lipinski definition) is 1. The second-order valence-corrected chi connectivity index (χ2v) is 6.44. The number of nitrogens with zero attached hydrogens (tertiary/aromatic N) is 1. The van der Waals surface area contributed by atoms with Crippen LogP contribution in [0.15, 0.2) is 4.99 Å². The molecule has 0 amide bonds. The Morgan fingerprint density at radius 1 is 0.941 bits per heavy atom. The summed E-state index contributed by atoms with van der Waals surface area (Å²) < 4.78 is 0. The molecule has 17 heavy (non-hydrogen) atoms. The number of hydrogen-bond donors (Lipinski definition) is 1. The number of amidine groups is 1. The van der Waals surface area contributed by atoms with Crippen molar-refractivity contribution in [2.45, 2.75) is 57.8 Å². The Bertz CT molecular complexity index is 271. The van der Waals surface area contributed by atoms with Crippen LogP contribution in [-0.2, 0) is 0 Å². The van der Waals surface area contributed by atoms with Gasteiger partial charge in [-0.2, -0.15) is 0 Å². The Hall–Kier alpha value is -0.530. The van der Waals surface area contributed by atoms with Crippen LogP contribution in [0.5, 0.6) is 0 Å². The van der Waals surface area contributed by atoms with Gasteiger partial charge in [-0.15, -0.1) is 0 Å². The third-order valence-electron chi connectivity index (χ3n) is 4.96. The molecule has 0 spiro atoms. The summed E-state index contributed by atoms with van der Waals surface area (Å²) in [5, 5.41) is 0. The first-order valence-corrected chi connectivity index (χ1v) is 7.64. The fraction of sp³-hybridized carbons (Fsp3) is 0.933. The molecule has 0 saturated heterocycles. The zero-order valence-corrected chi connectivity index (χ0v) is 10.9. The van der Waals surface area contributed by atoms with Gasteiger partial charge in [-0.3, -0.25) is 4.99 Å². The lowest BCUT2D eigenvalue weighted by Gasteiger charge is -2.21. The van der Waals surface area contributed by atoms with Crippen molar-refractivity contribution in [1.29, 1.82) is 0 Å². The van der Waals surface area contributed by atoms with Crippen molar-refractivity contribution in [2.24, 2.45) is 34.4 Å². The first-order valence-electron chi connectivity index (χ1n) is 7.64. The Kier molecular flexibility index (Phi) is 3.39. The molecule has 96 valence electrons. The summed E-state index contributed by atoms with van der Waals surface area (Å²) in [7, 11) is 0. The minimum atomic E-state index is 0.614. The molecule has 3 aliphatic rings. The van der Waals surface area contributed by atoms with Gasteiger partial charge in [0.05, 0.1) is 5.84 Å². The average molecular weight is 234 g/mol. The minimum Gasteiger partial charge on any atom is -0.387 e. The molecule has 3 aliphatic carbocycles. The van der Waals surface area contributed by atoms with Crippen molar-refractivity contribution in [3.8, 4) is 0 Å². The van der Waals surface area contributed by atoms with E-state index in [0.717, 1.165) is 30.1 Å². The van der Waals surface area contributed by atoms with Crippen molar-refractivity contribution in [2.75, 3.05) is 6.54 Å². The highest BCUT2D eigenvalue weighted by atomic mass is 14.9. The summed E-state index contributed by atoms with van der Waals surface area (Å²) in [6.45, 7) is 1.04. The van der Waals surface area contributed by atoms with Crippen LogP contribution in [-0.4, -0.2) is 12.4 Å². The Morgan fingerprint density at radius 3 is 2.06 bits per heavy atom. The molecule has 0 aromatic carbocycles. The lowest BCUT2D eigenvalue weighted by atomic mass is 9.88. The molecule has 0 heterocycles. The molecule has 2 nitrogen and oxygen atoms in total. The molecule has 3 fully saturated rings. The van der Waals surface area contributed by atoms with E-state index in [4.69, 9.17) is 10.7 Å². The second kappa shape index (κ2) is 4.99. The maximum Gasteiger partial charge on any atom is 0.0968 e. The largest absolute Gasteiger partial charge is 0.387 e. The fourth-order valence-electron chi connectivity index (χ4n) is 3.47. The van der Waals surface area contributed by atoms with E-state index in [2.05, 4.69) is 0 Å². The van der Waals surface area contributed by atoms with Crippen molar-refractivity contribution < 1.29 is 0 Å². The molecule has 2 heteroatoms. The third-order valence-corrected chi connectivity index (χ3v) is 4.96. The van der Waals surface area contributed by atoms with Crippen molar-refractivity contribution in [1.82, 2.24) is 0 Å². The van der Waals surface area contributed by atoms with Crippen LogP contribution in [0.3, 0.4) is 0 Å². The number of rotatable bonds is 5. The zero-order valence-electron chi connectivity index (χ0n) is 10.9. The molecule has 0 aromatic heterocycles. The topological polar surface area (TPSA) is 38.4 Å². The van der Waals surface area contributed by atoms with E-state index in [-0.39, 0.29) is 0 Å². The molecule has 0 unspecified atom stereocenters. The normalized spacial score (nSPS) is 27.7. The molecule has 0 radical (unpaired) electrons. The summed E-state index contributed by atoms with van der Waals surface area (Å²) in [6, 6.07) is 0. The van der Waals surface area contributed by atoms with Crippen LogP contribution < -0.4 is 5.73 Å². The summed E-state index contributed by atoms with van der Waals surface area (Å²) in [6.07, 6.45) is 12.5. The molecule has 0 atom stereocenters. The smallest absolute Gasteiger partial charge is 0.0968 e. The van der Waals surface area contributed by atoms with Crippen LogP contribution in [0.1, 0.15) is 57.8 Å². The van der Waals surface area contributed by atoms with Gasteiger partial charge in [-0.1, -0.05) is 19.3 Å². The first kappa shape index (κ1) is 11.6. The van der Waals surface area contributed by atoms with Crippen molar-refractivity contribution in [3.05, 3.63) is 0 Å². The summed E-state index contributed by atoms with van der Waals surface area (Å²) in [5.41, 5.74) is 6.19. The lowest BCUT2D eigenvalue weighted by Crippen LogP contribution is -2.27. The molecule has 0 bridgehead atoms. The third kappa shape index (κ3) is 3.02. The maximum absolute atomic E-state index is 6.19. The Morgan fingerprint density at radius 2 is 1.53 bits per heavy atom. The van der Waals surface area contributed by atoms with Gasteiger partial charge >= 0.3 is 0 Å². The maximum atomic E-state index is 6.19. The standard InChI is InChI=1S/C15H26N2/c16-15(13-4-2-1-3-5-13)17-10-14(11-6-7-11)12-8-9-12/h11-14H,1-10H2,(H2,16,17). The monoisotopic (exact) mass is 234 g/mol. The van der Waals surface area contributed by atoms with Crippen LogP contribution in [0.25, 0.3) is 0 Å². The predicted octanol–water partition coefficient (Wildman–Crippen LogP) is 3.36. The van der Waals surface area contributed by atoms with Gasteiger partial charge in [-0.05, 0) is 56.3 Å². The van der Waals surface area contributed by atoms with Gasteiger partial charge in [0, 0.05) is 12.5 Å². The quantitative estimate of drug-likeness (QED) is 0.575. The summed E-state index contributed by atoms with van der Waals surface area (Å²) in [4.78, 5) is 4.77. The first-order chi connectivity index (χ1) is 8.34. The lowest BCUT2D eigenvalue weighted by molar-refractivity contribution is 0.410. The molecule has 0 aromatic rings. The van der Waals surface area contributed by atoms with Crippen molar-refractivity contribution in [3.63, 3.8) is 0 Å². The van der Waals surface area contributed by atoms with Gasteiger partial charge < -0.3 is 5.73 Å². The van der Waals surface area contributed by atoms with Crippen LogP contribution in [0.2, 0.25) is 0 Å². The highest BCUT2D eigenvalue weighted by Crippen LogP contribution is 2.49. The van der Waals surface area contributed by atoms with E-state index in [1.54, 1.807) is 0 Å². The predicted molar refractivity (Wildman–Crippen MR) is 72.0 cm³/mol. The fourth-order valence-corrected chi connectivity index (χ4v) is 3.47. The van der Waals surface area contributed by atoms with E-state index in [9.17, 15) is 0 Å². The van der Waals surface area contributed by atoms with E-state index in [1.807, 2.05) is 0 Å². The number of nitrogens with two attached hydrogens (primary N) is 1. The second-order valence-electron chi connectivity index (χ2n) is 6.44. The minimum absolute atomic E-state index is 0.614. The molecule has 3 rings (SSSR count). The van der Waals surface area contributed by atoms with Gasteiger partial charge in [-0.25, -0.2) is 0 Å². The van der Waals surface area contributed by atoms with E-state index in [1.165, 1.54) is 57.8 Å². The molecule has 0 aliphatic heterocycles. The molecular weight excluding hydrogens is 208 g/mol. The van der Waals surface area contributed by atoms with Crippen LogP contribution in [0.4, 0.5) is 0 Å². The number of aliphatic imine (C=N–C) groups is 1. The molecule has 3 saturated carbocycles.